The summed E-state index contributed by atoms with van der Waals surface area (Å²) in [6.45, 7) is 3.58. The maximum atomic E-state index is 10.2. The number of aliphatic carboxylic acids is 3. The first-order valence-electron chi connectivity index (χ1n) is 11.6. The molecule has 9 heteroatoms. The molecule has 0 unspecified atom stereocenters. The second kappa shape index (κ2) is 25.5. The van der Waals surface area contributed by atoms with Crippen LogP contribution >= 0.6 is 0 Å². The van der Waals surface area contributed by atoms with E-state index in [1.165, 1.54) is 44.9 Å². The molecule has 0 aliphatic rings. The molecular weight excluding hydrogens is 420 g/mol. The number of unbranched alkanes of at least 4 members (excludes halogenated alkanes) is 8. The first-order chi connectivity index (χ1) is 15.1. The summed E-state index contributed by atoms with van der Waals surface area (Å²) >= 11 is 0. The van der Waals surface area contributed by atoms with E-state index in [4.69, 9.17) is 30.6 Å². The second-order valence-corrected chi connectivity index (χ2v) is 7.94. The monoisotopic (exact) mass is 466 g/mol. The van der Waals surface area contributed by atoms with Gasteiger partial charge in [0.2, 0.25) is 0 Å². The molecule has 0 atom stereocenters. The van der Waals surface area contributed by atoms with Gasteiger partial charge in [0.25, 0.3) is 0 Å². The number of rotatable bonds is 18. The molecule has 0 rings (SSSR count). The Morgan fingerprint density at radius 3 is 1.09 bits per heavy atom. The molecule has 0 aromatic heterocycles. The Kier molecular flexibility index (Phi) is 27.9. The van der Waals surface area contributed by atoms with Crippen molar-refractivity contribution in [3.8, 4) is 0 Å². The van der Waals surface area contributed by atoms with Gasteiger partial charge in [-0.1, -0.05) is 65.2 Å². The summed E-state index contributed by atoms with van der Waals surface area (Å²) in [5.41, 5.74) is -0.667. The van der Waals surface area contributed by atoms with E-state index in [9.17, 15) is 14.4 Å². The van der Waals surface area contributed by atoms with Crippen LogP contribution < -0.4 is 0 Å². The number of hydrogen-bond acceptors (Lipinski definition) is 6. The topological polar surface area (TPSA) is 173 Å². The van der Waals surface area contributed by atoms with Crippen molar-refractivity contribution in [2.45, 2.75) is 104 Å². The Morgan fingerprint density at radius 1 is 0.531 bits per heavy atom. The minimum atomic E-state index is -0.948. The standard InChI is InChI=1S/C12H24O2.C6H14O3.C5H8O4/c1-2-3-4-5-6-7-8-9-10-11-12(13)14;1-2-6(3-7,4-8)5-9;6-4(7)2-1-3-5(8)9/h2-11H2,1H3,(H,13,14);7-9H,2-5H2,1H3;1-3H2,(H,6,7)(H,8,9). The van der Waals surface area contributed by atoms with Gasteiger partial charge in [0, 0.05) is 24.7 Å². The van der Waals surface area contributed by atoms with E-state index in [-0.39, 0.29) is 39.1 Å². The molecule has 0 fully saturated rings. The van der Waals surface area contributed by atoms with Gasteiger partial charge in [-0.2, -0.15) is 0 Å². The lowest BCUT2D eigenvalue weighted by Crippen LogP contribution is -2.32. The molecule has 32 heavy (non-hydrogen) atoms. The molecule has 0 radical (unpaired) electrons. The quantitative estimate of drug-likeness (QED) is 0.165. The average molecular weight is 467 g/mol. The van der Waals surface area contributed by atoms with Crippen LogP contribution in [0.1, 0.15) is 104 Å². The van der Waals surface area contributed by atoms with E-state index in [2.05, 4.69) is 6.92 Å². The highest BCUT2D eigenvalue weighted by Gasteiger charge is 2.24. The van der Waals surface area contributed by atoms with Crippen LogP contribution in [-0.2, 0) is 14.4 Å². The molecule has 0 bridgehead atoms. The fourth-order valence-corrected chi connectivity index (χ4v) is 2.46. The third kappa shape index (κ3) is 28.3. The van der Waals surface area contributed by atoms with E-state index < -0.39 is 23.3 Å². The molecular formula is C23H46O9. The number of aliphatic hydroxyl groups is 3. The number of hydrogen-bond donors (Lipinski definition) is 6. The highest BCUT2D eigenvalue weighted by Crippen LogP contribution is 2.18. The fraction of sp³-hybridized carbons (Fsp3) is 0.870. The Labute approximate surface area is 192 Å². The summed E-state index contributed by atoms with van der Waals surface area (Å²) in [5, 5.41) is 50.4. The van der Waals surface area contributed by atoms with Gasteiger partial charge in [-0.25, -0.2) is 0 Å². The number of carboxylic acids is 3. The van der Waals surface area contributed by atoms with E-state index in [1.807, 2.05) is 6.92 Å². The van der Waals surface area contributed by atoms with Gasteiger partial charge >= 0.3 is 17.9 Å². The summed E-state index contributed by atoms with van der Waals surface area (Å²) in [5.74, 6) is -2.56. The summed E-state index contributed by atoms with van der Waals surface area (Å²) in [4.78, 5) is 29.8. The number of carbonyl (C=O) groups is 3. The van der Waals surface area contributed by atoms with Crippen molar-refractivity contribution in [1.82, 2.24) is 0 Å². The molecule has 9 nitrogen and oxygen atoms in total. The van der Waals surface area contributed by atoms with E-state index in [0.29, 0.717) is 12.8 Å². The third-order valence-electron chi connectivity index (χ3n) is 5.03. The zero-order chi connectivity index (χ0) is 25.3. The van der Waals surface area contributed by atoms with Crippen molar-refractivity contribution in [2.75, 3.05) is 19.8 Å². The van der Waals surface area contributed by atoms with Gasteiger partial charge in [-0.05, 0) is 19.3 Å². The predicted molar refractivity (Wildman–Crippen MR) is 123 cm³/mol. The SMILES string of the molecule is CCC(CO)(CO)CO.CCCCCCCCCCCC(=O)O.O=C(O)CCCC(=O)O. The van der Waals surface area contributed by atoms with Crippen molar-refractivity contribution < 1.29 is 45.0 Å². The van der Waals surface area contributed by atoms with E-state index in [1.54, 1.807) is 0 Å². The summed E-state index contributed by atoms with van der Waals surface area (Å²) in [7, 11) is 0. The normalized spacial score (nSPS) is 10.4. The van der Waals surface area contributed by atoms with Crippen molar-refractivity contribution in [2.24, 2.45) is 5.41 Å². The van der Waals surface area contributed by atoms with Crippen LogP contribution in [0.2, 0.25) is 0 Å². The lowest BCUT2D eigenvalue weighted by molar-refractivity contribution is -0.139. The minimum absolute atomic E-state index is 0.0632. The Hall–Kier alpha value is -1.71. The van der Waals surface area contributed by atoms with Crippen LogP contribution in [0.4, 0.5) is 0 Å². The second-order valence-electron chi connectivity index (χ2n) is 7.94. The van der Waals surface area contributed by atoms with Gasteiger partial charge in [0.15, 0.2) is 0 Å². The number of aliphatic hydroxyl groups excluding tert-OH is 3. The van der Waals surface area contributed by atoms with Gasteiger partial charge in [-0.15, -0.1) is 0 Å². The van der Waals surface area contributed by atoms with Crippen LogP contribution in [0.3, 0.4) is 0 Å². The maximum Gasteiger partial charge on any atom is 0.303 e. The summed E-state index contributed by atoms with van der Waals surface area (Å²) < 4.78 is 0. The first kappa shape index (κ1) is 34.9. The van der Waals surface area contributed by atoms with Crippen LogP contribution in [-0.4, -0.2) is 68.4 Å². The van der Waals surface area contributed by atoms with Gasteiger partial charge in [0.05, 0.1) is 19.8 Å². The lowest BCUT2D eigenvalue weighted by Gasteiger charge is -2.24. The Bertz CT molecular complexity index is 417. The lowest BCUT2D eigenvalue weighted by atomic mass is 9.88. The van der Waals surface area contributed by atoms with Crippen molar-refractivity contribution >= 4 is 17.9 Å². The highest BCUT2D eigenvalue weighted by atomic mass is 16.4. The molecule has 0 aromatic rings. The Morgan fingerprint density at radius 2 is 0.844 bits per heavy atom. The molecule has 6 N–H and O–H groups in total. The molecule has 0 saturated heterocycles. The van der Waals surface area contributed by atoms with Crippen molar-refractivity contribution in [1.29, 1.82) is 0 Å². The van der Waals surface area contributed by atoms with Crippen molar-refractivity contribution in [3.05, 3.63) is 0 Å². The molecule has 0 heterocycles. The van der Waals surface area contributed by atoms with Crippen LogP contribution in [0.5, 0.6) is 0 Å². The van der Waals surface area contributed by atoms with Gasteiger partial charge in [-0.3, -0.25) is 14.4 Å². The third-order valence-corrected chi connectivity index (χ3v) is 5.03. The Balaban J connectivity index is -0.000000411. The molecule has 0 saturated carbocycles. The van der Waals surface area contributed by atoms with Crippen molar-refractivity contribution in [3.63, 3.8) is 0 Å². The summed E-state index contributed by atoms with van der Waals surface area (Å²) in [6, 6.07) is 0. The van der Waals surface area contributed by atoms with Crippen LogP contribution in [0.15, 0.2) is 0 Å². The highest BCUT2D eigenvalue weighted by molar-refractivity contribution is 5.69. The average Bonchev–Trinajstić information content (AvgIpc) is 2.75. The molecule has 192 valence electrons. The van der Waals surface area contributed by atoms with Gasteiger partial charge in [0.1, 0.15) is 0 Å². The van der Waals surface area contributed by atoms with Gasteiger partial charge < -0.3 is 30.6 Å². The maximum absolute atomic E-state index is 10.2. The molecule has 0 aromatic carbocycles. The first-order valence-corrected chi connectivity index (χ1v) is 11.6. The smallest absolute Gasteiger partial charge is 0.303 e. The zero-order valence-corrected chi connectivity index (χ0v) is 19.9. The molecule has 0 aliphatic heterocycles. The fourth-order valence-electron chi connectivity index (χ4n) is 2.46. The molecule has 0 amide bonds. The largest absolute Gasteiger partial charge is 0.481 e. The zero-order valence-electron chi connectivity index (χ0n) is 19.9. The van der Waals surface area contributed by atoms with Crippen LogP contribution in [0.25, 0.3) is 0 Å². The van der Waals surface area contributed by atoms with E-state index >= 15 is 0 Å². The van der Waals surface area contributed by atoms with Crippen LogP contribution in [0, 0.1) is 5.41 Å². The minimum Gasteiger partial charge on any atom is -0.481 e. The predicted octanol–water partition coefficient (Wildman–Crippen LogP) is 3.68. The molecule has 0 spiro atoms. The summed E-state index contributed by atoms with van der Waals surface area (Å²) in [6.07, 6.45) is 12.2. The van der Waals surface area contributed by atoms with E-state index in [0.717, 1.165) is 12.8 Å². The molecule has 0 aliphatic carbocycles. The number of carboxylic acid groups (broad SMARTS) is 3.